The molecule has 34 heavy (non-hydrogen) atoms. The van der Waals surface area contributed by atoms with Crippen LogP contribution in [0.2, 0.25) is 5.02 Å². The second kappa shape index (κ2) is 10.5. The molecule has 4 rings (SSSR count). The molecule has 2 N–H and O–H groups in total. The number of rotatable bonds is 7. The molecule has 1 aliphatic heterocycles. The van der Waals surface area contributed by atoms with Crippen molar-refractivity contribution in [3.63, 3.8) is 0 Å². The molecule has 3 aromatic rings. The van der Waals surface area contributed by atoms with Crippen molar-refractivity contribution >= 4 is 68.9 Å². The summed E-state index contributed by atoms with van der Waals surface area (Å²) in [7, 11) is 0. The Balaban J connectivity index is 1.44. The summed E-state index contributed by atoms with van der Waals surface area (Å²) < 4.78 is 6.52. The van der Waals surface area contributed by atoms with E-state index in [9.17, 15) is 14.4 Å². The highest BCUT2D eigenvalue weighted by atomic mass is 79.9. The zero-order valence-electron chi connectivity index (χ0n) is 17.9. The van der Waals surface area contributed by atoms with Crippen molar-refractivity contribution in [2.24, 2.45) is 0 Å². The molecule has 2 heterocycles. The van der Waals surface area contributed by atoms with E-state index < -0.39 is 24.4 Å². The Morgan fingerprint density at radius 3 is 2.68 bits per heavy atom. The predicted octanol–water partition coefficient (Wildman–Crippen LogP) is 5.94. The van der Waals surface area contributed by atoms with E-state index in [2.05, 4.69) is 26.6 Å². The lowest BCUT2D eigenvalue weighted by Gasteiger charge is -2.13. The minimum absolute atomic E-state index is 0.0241. The number of para-hydroxylation sites is 1. The van der Waals surface area contributed by atoms with Gasteiger partial charge < -0.3 is 15.1 Å². The number of carbonyl (C=O) groups is 3. The first kappa shape index (κ1) is 24.1. The van der Waals surface area contributed by atoms with Crippen molar-refractivity contribution in [2.45, 2.75) is 23.3 Å². The summed E-state index contributed by atoms with van der Waals surface area (Å²) in [5, 5.41) is 6.48. The largest absolute Gasteiger partial charge is 0.449 e. The topological polar surface area (TPSA) is 91.7 Å². The first-order valence-electron chi connectivity index (χ1n) is 10.3. The Labute approximate surface area is 213 Å². The number of amides is 4. The van der Waals surface area contributed by atoms with Crippen LogP contribution < -0.4 is 10.6 Å². The third-order valence-corrected chi connectivity index (χ3v) is 7.02. The van der Waals surface area contributed by atoms with Crippen molar-refractivity contribution in [3.8, 4) is 0 Å². The second-order valence-corrected chi connectivity index (χ2v) is 9.62. The molecule has 0 unspecified atom stereocenters. The van der Waals surface area contributed by atoms with Gasteiger partial charge in [-0.1, -0.05) is 48.5 Å². The van der Waals surface area contributed by atoms with Gasteiger partial charge in [0.05, 0.1) is 4.47 Å². The summed E-state index contributed by atoms with van der Waals surface area (Å²) in [5.41, 5.74) is 1.64. The lowest BCUT2D eigenvalue weighted by Crippen LogP contribution is -2.38. The predicted molar refractivity (Wildman–Crippen MR) is 135 cm³/mol. The van der Waals surface area contributed by atoms with Gasteiger partial charge in [0, 0.05) is 21.7 Å². The van der Waals surface area contributed by atoms with Gasteiger partial charge in [0.25, 0.3) is 5.91 Å². The smallest absolute Gasteiger partial charge is 0.329 e. The van der Waals surface area contributed by atoms with Crippen molar-refractivity contribution < 1.29 is 18.8 Å². The maximum Gasteiger partial charge on any atom is 0.329 e. The number of halogens is 2. The lowest BCUT2D eigenvalue weighted by atomic mass is 10.1. The third-order valence-electron chi connectivity index (χ3n) is 4.92. The number of hydrogen-bond donors (Lipinski definition) is 2. The molecule has 1 fully saturated rings. The molecule has 0 radical (unpaired) electrons. The number of nitrogens with zero attached hydrogens (tertiary/aromatic N) is 1. The average Bonchev–Trinajstić information content (AvgIpc) is 3.28. The van der Waals surface area contributed by atoms with E-state index in [1.54, 1.807) is 24.3 Å². The van der Waals surface area contributed by atoms with Gasteiger partial charge in [-0.3, -0.25) is 9.59 Å². The first-order valence-corrected chi connectivity index (χ1v) is 12.3. The normalized spacial score (nSPS) is 14.6. The molecule has 1 aliphatic rings. The van der Waals surface area contributed by atoms with Crippen LogP contribution in [0.4, 0.5) is 10.5 Å². The fraction of sp³-hybridized carbons (Fsp3) is 0.125. The van der Waals surface area contributed by atoms with Gasteiger partial charge in [0.2, 0.25) is 5.91 Å². The number of benzene rings is 2. The van der Waals surface area contributed by atoms with E-state index in [1.165, 1.54) is 17.8 Å². The Morgan fingerprint density at radius 1 is 1.21 bits per heavy atom. The van der Waals surface area contributed by atoms with E-state index in [0.717, 1.165) is 21.8 Å². The summed E-state index contributed by atoms with van der Waals surface area (Å²) in [4.78, 5) is 39.4. The van der Waals surface area contributed by atoms with Crippen LogP contribution in [0.15, 0.2) is 79.2 Å². The van der Waals surface area contributed by atoms with Gasteiger partial charge >= 0.3 is 6.03 Å². The summed E-state index contributed by atoms with van der Waals surface area (Å²) in [5.74, 6) is -0.702. The number of nitrogens with one attached hydrogen (secondary N) is 2. The van der Waals surface area contributed by atoms with Crippen LogP contribution in [0.3, 0.4) is 0 Å². The van der Waals surface area contributed by atoms with Crippen molar-refractivity contribution in [1.29, 1.82) is 0 Å². The monoisotopic (exact) mass is 559 g/mol. The second-order valence-electron chi connectivity index (χ2n) is 7.28. The summed E-state index contributed by atoms with van der Waals surface area (Å²) in [6, 6.07) is 15.7. The van der Waals surface area contributed by atoms with Crippen LogP contribution >= 0.6 is 39.3 Å². The van der Waals surface area contributed by atoms with Crippen LogP contribution in [-0.2, 0) is 16.0 Å². The minimum atomic E-state index is -0.670. The molecule has 0 saturated carbocycles. The molecule has 0 atom stereocenters. The zero-order chi connectivity index (χ0) is 24.2. The highest BCUT2D eigenvalue weighted by Crippen LogP contribution is 2.37. The number of imide groups is 1. The Morgan fingerprint density at radius 2 is 1.94 bits per heavy atom. The minimum Gasteiger partial charge on any atom is -0.449 e. The van der Waals surface area contributed by atoms with Crippen LogP contribution in [0.5, 0.6) is 0 Å². The molecular weight excluding hydrogens is 542 g/mol. The molecule has 174 valence electrons. The number of furan rings is 1. The molecule has 1 aromatic heterocycles. The molecule has 1 saturated heterocycles. The fourth-order valence-electron chi connectivity index (χ4n) is 3.26. The Bertz CT molecular complexity index is 1290. The molecular formula is C24H19BrClN3O4S. The van der Waals surface area contributed by atoms with E-state index in [0.29, 0.717) is 26.0 Å². The molecule has 0 bridgehead atoms. The first-order chi connectivity index (χ1) is 16.3. The lowest BCUT2D eigenvalue weighted by molar-refractivity contribution is -0.127. The van der Waals surface area contributed by atoms with E-state index in [1.807, 2.05) is 37.3 Å². The zero-order valence-corrected chi connectivity index (χ0v) is 21.1. The number of aryl methyl sites for hydroxylation is 1. The number of hydrogen-bond acceptors (Lipinski definition) is 5. The SMILES string of the molecule is CCc1ccccc1NC(=O)CN1C(=O)N/C(=C/c2cc(Br)c(Sc3ccc(Cl)cc3)o2)C1=O. The van der Waals surface area contributed by atoms with Crippen molar-refractivity contribution in [3.05, 3.63) is 81.1 Å². The standard InChI is InChI=1S/C24H19BrClN3O4S/c1-2-14-5-3-4-6-19(14)27-21(30)13-29-22(31)20(28-24(29)32)12-16-11-18(25)23(33-16)34-17-9-7-15(26)8-10-17/h3-12H,2,13H2,1H3,(H,27,30)(H,28,32)/b20-12+. The molecule has 10 heteroatoms. The maximum atomic E-state index is 12.8. The van der Waals surface area contributed by atoms with Gasteiger partial charge in [-0.25, -0.2) is 9.69 Å². The summed E-state index contributed by atoms with van der Waals surface area (Å²) in [6.45, 7) is 1.57. The van der Waals surface area contributed by atoms with Gasteiger partial charge in [-0.2, -0.15) is 0 Å². The fourth-order valence-corrected chi connectivity index (χ4v) is 4.72. The Hall–Kier alpha value is -3.01. The van der Waals surface area contributed by atoms with Gasteiger partial charge in [0.15, 0.2) is 5.09 Å². The van der Waals surface area contributed by atoms with Crippen molar-refractivity contribution in [2.75, 3.05) is 11.9 Å². The average molecular weight is 561 g/mol. The Kier molecular flexibility index (Phi) is 7.45. The quantitative estimate of drug-likeness (QED) is 0.276. The molecule has 2 aromatic carbocycles. The third kappa shape index (κ3) is 5.55. The molecule has 4 amide bonds. The van der Waals surface area contributed by atoms with E-state index in [4.69, 9.17) is 16.0 Å². The van der Waals surface area contributed by atoms with Crippen LogP contribution in [-0.4, -0.2) is 29.3 Å². The summed E-state index contributed by atoms with van der Waals surface area (Å²) >= 11 is 10.7. The highest BCUT2D eigenvalue weighted by molar-refractivity contribution is 9.10. The van der Waals surface area contributed by atoms with Crippen LogP contribution in [0.1, 0.15) is 18.2 Å². The van der Waals surface area contributed by atoms with Gasteiger partial charge in [-0.05, 0) is 64.3 Å². The van der Waals surface area contributed by atoms with Crippen LogP contribution in [0, 0.1) is 0 Å². The highest BCUT2D eigenvalue weighted by Gasteiger charge is 2.35. The summed E-state index contributed by atoms with van der Waals surface area (Å²) in [6.07, 6.45) is 2.17. The van der Waals surface area contributed by atoms with E-state index in [-0.39, 0.29) is 5.70 Å². The molecule has 0 aliphatic carbocycles. The van der Waals surface area contributed by atoms with Gasteiger partial charge in [0.1, 0.15) is 18.0 Å². The number of carbonyl (C=O) groups excluding carboxylic acids is 3. The van der Waals surface area contributed by atoms with E-state index >= 15 is 0 Å². The molecule has 7 nitrogen and oxygen atoms in total. The van der Waals surface area contributed by atoms with Gasteiger partial charge in [-0.15, -0.1) is 0 Å². The van der Waals surface area contributed by atoms with Crippen molar-refractivity contribution in [1.82, 2.24) is 10.2 Å². The number of urea groups is 1. The number of anilines is 1. The molecule has 0 spiro atoms. The maximum absolute atomic E-state index is 12.8. The van der Waals surface area contributed by atoms with Crippen LogP contribution in [0.25, 0.3) is 6.08 Å².